The first kappa shape index (κ1) is 25.1. The third kappa shape index (κ3) is 5.27. The number of carbonyl (C=O) groups is 1. The monoisotopic (exact) mass is 529 g/mol. The number of rotatable bonds is 9. The fourth-order valence-corrected chi connectivity index (χ4v) is 8.18. The molecule has 7 heteroatoms. The van der Waals surface area contributed by atoms with Gasteiger partial charge in [0.05, 0.1) is 4.91 Å². The molecule has 4 saturated carbocycles. The number of halogens is 1. The van der Waals surface area contributed by atoms with E-state index < -0.39 is 0 Å². The summed E-state index contributed by atoms with van der Waals surface area (Å²) in [5.74, 6) is 3.47. The first-order valence-electron chi connectivity index (χ1n) is 12.6. The zero-order chi connectivity index (χ0) is 24.5. The van der Waals surface area contributed by atoms with Crippen molar-refractivity contribution in [2.45, 2.75) is 57.6 Å². The molecule has 0 spiro atoms. The Labute approximate surface area is 222 Å². The van der Waals surface area contributed by atoms with Crippen LogP contribution in [0.3, 0.4) is 0 Å². The summed E-state index contributed by atoms with van der Waals surface area (Å²) in [6, 6.07) is 7.76. The number of amides is 1. The minimum Gasteiger partial charge on any atom is -0.489 e. The Bertz CT molecular complexity index is 1040. The van der Waals surface area contributed by atoms with E-state index in [9.17, 15) is 9.90 Å². The Morgan fingerprint density at radius 3 is 2.43 bits per heavy atom. The molecular formula is C28H32ClNO3S2. The number of allylic oxidation sites excluding steroid dienone is 3. The topological polar surface area (TPSA) is 49.8 Å². The normalized spacial score (nSPS) is 31.3. The van der Waals surface area contributed by atoms with Crippen molar-refractivity contribution in [3.8, 4) is 0 Å². The summed E-state index contributed by atoms with van der Waals surface area (Å²) in [5.41, 5.74) is 1.85. The van der Waals surface area contributed by atoms with Crippen molar-refractivity contribution in [1.29, 1.82) is 0 Å². The number of thioether (sulfide) groups is 1. The first-order chi connectivity index (χ1) is 17.0. The zero-order valence-corrected chi connectivity index (χ0v) is 22.2. The van der Waals surface area contributed by atoms with E-state index in [1.165, 1.54) is 43.9 Å². The van der Waals surface area contributed by atoms with Crippen LogP contribution in [0.5, 0.6) is 0 Å². The first-order valence-corrected chi connectivity index (χ1v) is 14.2. The van der Waals surface area contributed by atoms with E-state index in [1.807, 2.05) is 35.2 Å². The summed E-state index contributed by atoms with van der Waals surface area (Å²) >= 11 is 13.2. The average Bonchev–Trinajstić information content (AvgIpc) is 3.11. The lowest BCUT2D eigenvalue weighted by molar-refractivity contribution is -0.130. The van der Waals surface area contributed by atoms with Crippen LogP contribution >= 0.6 is 35.6 Å². The number of thiocarbonyl (C=S) groups is 1. The lowest BCUT2D eigenvalue weighted by Crippen LogP contribution is -2.57. The maximum Gasteiger partial charge on any atom is 0.266 e. The van der Waals surface area contributed by atoms with E-state index in [4.69, 9.17) is 28.6 Å². The lowest BCUT2D eigenvalue weighted by atomic mass is 9.54. The van der Waals surface area contributed by atoms with Gasteiger partial charge in [0.2, 0.25) is 0 Å². The van der Waals surface area contributed by atoms with E-state index in [0.29, 0.717) is 51.3 Å². The highest BCUT2D eigenvalue weighted by Crippen LogP contribution is 2.56. The molecular weight excluding hydrogens is 498 g/mol. The molecule has 4 bridgehead atoms. The van der Waals surface area contributed by atoms with Crippen LogP contribution in [-0.4, -0.2) is 32.9 Å². The molecule has 0 unspecified atom stereocenters. The predicted octanol–water partition coefficient (Wildman–Crippen LogP) is 6.64. The molecule has 1 saturated heterocycles. The van der Waals surface area contributed by atoms with E-state index in [2.05, 4.69) is 6.58 Å². The van der Waals surface area contributed by atoms with Crippen LogP contribution in [0.2, 0.25) is 5.02 Å². The van der Waals surface area contributed by atoms with Gasteiger partial charge in [-0.15, -0.1) is 0 Å². The van der Waals surface area contributed by atoms with Crippen LogP contribution in [0.15, 0.2) is 59.2 Å². The largest absolute Gasteiger partial charge is 0.489 e. The second-order valence-electron chi connectivity index (χ2n) is 10.3. The number of benzene rings is 1. The van der Waals surface area contributed by atoms with Gasteiger partial charge in [0, 0.05) is 23.7 Å². The zero-order valence-electron chi connectivity index (χ0n) is 19.8. The van der Waals surface area contributed by atoms with Crippen molar-refractivity contribution in [2.75, 3.05) is 6.61 Å². The minimum absolute atomic E-state index is 0.00985. The summed E-state index contributed by atoms with van der Waals surface area (Å²) < 4.78 is 6.89. The van der Waals surface area contributed by atoms with Crippen LogP contribution in [0.1, 0.15) is 50.5 Å². The van der Waals surface area contributed by atoms with Crippen molar-refractivity contribution >= 4 is 45.8 Å². The second-order valence-corrected chi connectivity index (χ2v) is 12.4. The highest BCUT2D eigenvalue weighted by molar-refractivity contribution is 8.26. The number of aliphatic hydroxyl groups is 1. The lowest BCUT2D eigenvalue weighted by Gasteiger charge is -2.56. The molecule has 0 aromatic heterocycles. The van der Waals surface area contributed by atoms with Gasteiger partial charge in [0.15, 0.2) is 0 Å². The molecule has 1 aromatic carbocycles. The molecule has 35 heavy (non-hydrogen) atoms. The quantitative estimate of drug-likeness (QED) is 0.168. The van der Waals surface area contributed by atoms with Crippen LogP contribution in [-0.2, 0) is 16.1 Å². The van der Waals surface area contributed by atoms with Crippen LogP contribution < -0.4 is 0 Å². The smallest absolute Gasteiger partial charge is 0.266 e. The fraction of sp³-hybridized carbons (Fsp3) is 0.500. The maximum absolute atomic E-state index is 13.7. The van der Waals surface area contributed by atoms with Crippen LogP contribution in [0, 0.1) is 23.7 Å². The van der Waals surface area contributed by atoms with Crippen molar-refractivity contribution in [3.63, 3.8) is 0 Å². The number of aliphatic hydroxyl groups excluding tert-OH is 1. The molecule has 186 valence electrons. The molecule has 5 aliphatic rings. The number of hydrogen-bond donors (Lipinski definition) is 1. The standard InChI is InChI=1S/C28H32ClNO3S2/c1-2-20(4-3-9-31)24(33-16-17-5-7-23(29)8-6-17)15-25-27(32)30(28(34)35-25)26-21-11-18-10-19(13-21)14-22(26)12-18/h2,5-8,15,18-19,21-22,26,31H,1,3-4,9-14,16H2. The molecule has 1 amide bonds. The molecule has 1 heterocycles. The SMILES string of the molecule is C=CC(CCCO)=C(C=C1SC(=S)N(C2C3CC4CC(C3)CC2C4)C1=O)OCc1ccc(Cl)cc1. The van der Waals surface area contributed by atoms with E-state index in [1.54, 1.807) is 6.08 Å². The molecule has 1 N–H and O–H groups in total. The highest BCUT2D eigenvalue weighted by atomic mass is 35.5. The molecule has 1 aromatic rings. The maximum atomic E-state index is 13.7. The highest BCUT2D eigenvalue weighted by Gasteiger charge is 2.53. The number of carbonyl (C=O) groups excluding carboxylic acids is 1. The molecule has 4 aliphatic carbocycles. The molecule has 5 fully saturated rings. The van der Waals surface area contributed by atoms with Crippen LogP contribution in [0.25, 0.3) is 0 Å². The third-order valence-corrected chi connectivity index (χ3v) is 9.62. The Balaban J connectivity index is 1.39. The van der Waals surface area contributed by atoms with Gasteiger partial charge in [-0.2, -0.15) is 0 Å². The Morgan fingerprint density at radius 2 is 1.83 bits per heavy atom. The average molecular weight is 530 g/mol. The Kier molecular flexibility index (Phi) is 7.73. The van der Waals surface area contributed by atoms with E-state index in [-0.39, 0.29) is 18.6 Å². The summed E-state index contributed by atoms with van der Waals surface area (Å²) in [5, 5.41) is 10.0. The van der Waals surface area contributed by atoms with Gasteiger partial charge in [-0.3, -0.25) is 9.69 Å². The molecule has 0 radical (unpaired) electrons. The Morgan fingerprint density at radius 1 is 1.17 bits per heavy atom. The van der Waals surface area contributed by atoms with E-state index >= 15 is 0 Å². The predicted molar refractivity (Wildman–Crippen MR) is 146 cm³/mol. The number of ether oxygens (including phenoxy) is 1. The van der Waals surface area contributed by atoms with Gasteiger partial charge in [-0.1, -0.05) is 60.4 Å². The third-order valence-electron chi connectivity index (χ3n) is 8.04. The summed E-state index contributed by atoms with van der Waals surface area (Å²) in [7, 11) is 0. The Hall–Kier alpha value is -1.60. The van der Waals surface area contributed by atoms with Gasteiger partial charge < -0.3 is 9.84 Å². The molecule has 4 nitrogen and oxygen atoms in total. The van der Waals surface area contributed by atoms with Gasteiger partial charge in [0.1, 0.15) is 16.7 Å². The van der Waals surface area contributed by atoms with Crippen molar-refractivity contribution < 1.29 is 14.6 Å². The van der Waals surface area contributed by atoms with Crippen LogP contribution in [0.4, 0.5) is 0 Å². The molecule has 1 aliphatic heterocycles. The summed E-state index contributed by atoms with van der Waals surface area (Å²) in [4.78, 5) is 16.3. The minimum atomic E-state index is 0.00985. The second kappa shape index (κ2) is 10.8. The van der Waals surface area contributed by atoms with Gasteiger partial charge in [0.25, 0.3) is 5.91 Å². The summed E-state index contributed by atoms with van der Waals surface area (Å²) in [6.45, 7) is 4.38. The molecule has 6 rings (SSSR count). The fourth-order valence-electron chi connectivity index (χ4n) is 6.74. The van der Waals surface area contributed by atoms with Crippen molar-refractivity contribution in [2.24, 2.45) is 23.7 Å². The molecule has 0 atom stereocenters. The van der Waals surface area contributed by atoms with Crippen molar-refractivity contribution in [3.05, 3.63) is 69.8 Å². The van der Waals surface area contributed by atoms with Gasteiger partial charge >= 0.3 is 0 Å². The van der Waals surface area contributed by atoms with Gasteiger partial charge in [-0.25, -0.2) is 0 Å². The summed E-state index contributed by atoms with van der Waals surface area (Å²) in [6.07, 6.45) is 11.1. The number of nitrogens with zero attached hydrogens (tertiary/aromatic N) is 1. The van der Waals surface area contributed by atoms with Gasteiger partial charge in [-0.05, 0) is 91.9 Å². The van der Waals surface area contributed by atoms with E-state index in [0.717, 1.165) is 23.0 Å². The number of hydrogen-bond acceptors (Lipinski definition) is 5. The van der Waals surface area contributed by atoms with Crippen molar-refractivity contribution in [1.82, 2.24) is 4.90 Å².